The average molecular weight is 349 g/mol. The molecule has 6 heteroatoms. The van der Waals surface area contributed by atoms with E-state index in [0.29, 0.717) is 27.3 Å². The fourth-order valence-corrected chi connectivity index (χ4v) is 4.37. The molecule has 0 saturated heterocycles. The number of ketones is 1. The van der Waals surface area contributed by atoms with Gasteiger partial charge in [-0.3, -0.25) is 4.79 Å². The molecule has 1 unspecified atom stereocenters. The number of thiophene rings is 1. The molecule has 0 saturated carbocycles. The maximum atomic E-state index is 13.1. The lowest BCUT2D eigenvalue weighted by atomic mass is 9.92. The van der Waals surface area contributed by atoms with Crippen LogP contribution < -0.4 is 5.32 Å². The molecule has 1 atom stereocenters. The van der Waals surface area contributed by atoms with Crippen molar-refractivity contribution in [2.75, 3.05) is 5.32 Å². The first kappa shape index (κ1) is 14.2. The molecule has 0 radical (unpaired) electrons. The topological polar surface area (TPSA) is 79.5 Å². The van der Waals surface area contributed by atoms with Crippen LogP contribution in [-0.4, -0.2) is 16.9 Å². The average Bonchev–Trinajstić information content (AvgIpc) is 3.30. The minimum absolute atomic E-state index is 0.370. The zero-order valence-electron chi connectivity index (χ0n) is 12.8. The van der Waals surface area contributed by atoms with E-state index in [1.54, 1.807) is 29.6 Å². The van der Waals surface area contributed by atoms with E-state index in [1.165, 1.54) is 11.3 Å². The van der Waals surface area contributed by atoms with Gasteiger partial charge in [0.15, 0.2) is 0 Å². The molecule has 3 heterocycles. The number of anilines is 1. The van der Waals surface area contributed by atoms with Crippen LogP contribution in [0, 0.1) is 0 Å². The molecule has 5 nitrogen and oxygen atoms in total. The lowest BCUT2D eigenvalue weighted by Gasteiger charge is -2.22. The number of benzene rings is 2. The molecule has 2 aromatic carbocycles. The maximum absolute atomic E-state index is 13.1. The van der Waals surface area contributed by atoms with Crippen LogP contribution in [0.25, 0.3) is 21.9 Å². The highest BCUT2D eigenvalue weighted by Gasteiger charge is 2.54. The Bertz CT molecular complexity index is 1180. The van der Waals surface area contributed by atoms with Gasteiger partial charge in [0.2, 0.25) is 11.3 Å². The van der Waals surface area contributed by atoms with E-state index >= 15 is 0 Å². The molecule has 2 N–H and O–H groups in total. The summed E-state index contributed by atoms with van der Waals surface area (Å²) in [5, 5.41) is 16.3. The predicted octanol–water partition coefficient (Wildman–Crippen LogP) is 4.24. The van der Waals surface area contributed by atoms with E-state index in [2.05, 4.69) is 5.32 Å². The number of carboxylic acid groups (broad SMARTS) is 1. The second kappa shape index (κ2) is 4.70. The third-order valence-corrected chi connectivity index (χ3v) is 5.64. The fourth-order valence-electron chi connectivity index (χ4n) is 3.50. The van der Waals surface area contributed by atoms with Crippen LogP contribution in [0.4, 0.5) is 5.69 Å². The summed E-state index contributed by atoms with van der Waals surface area (Å²) in [6, 6.07) is 14.3. The van der Waals surface area contributed by atoms with E-state index in [0.717, 1.165) is 10.8 Å². The Kier molecular flexibility index (Phi) is 2.68. The molecule has 0 fully saturated rings. The number of furan rings is 1. The van der Waals surface area contributed by atoms with Crippen LogP contribution in [0.2, 0.25) is 0 Å². The smallest absolute Gasteiger partial charge is 0.343 e. The van der Waals surface area contributed by atoms with Crippen molar-refractivity contribution in [2.45, 2.75) is 5.54 Å². The molecule has 5 rings (SSSR count). The second-order valence-corrected chi connectivity index (χ2v) is 6.89. The van der Waals surface area contributed by atoms with Crippen molar-refractivity contribution in [1.29, 1.82) is 0 Å². The number of nitrogens with one attached hydrogen (secondary N) is 1. The van der Waals surface area contributed by atoms with Crippen molar-refractivity contribution in [3.8, 4) is 0 Å². The van der Waals surface area contributed by atoms with Crippen molar-refractivity contribution in [1.82, 2.24) is 0 Å². The van der Waals surface area contributed by atoms with Crippen LogP contribution in [0.15, 0.2) is 58.3 Å². The molecule has 1 aliphatic heterocycles. The van der Waals surface area contributed by atoms with Gasteiger partial charge in [0.25, 0.3) is 0 Å². The molecule has 122 valence electrons. The largest absolute Gasteiger partial charge is 0.479 e. The van der Waals surface area contributed by atoms with Gasteiger partial charge >= 0.3 is 5.97 Å². The zero-order valence-corrected chi connectivity index (χ0v) is 13.6. The minimum atomic E-state index is -1.79. The van der Waals surface area contributed by atoms with Crippen molar-refractivity contribution in [3.63, 3.8) is 0 Å². The summed E-state index contributed by atoms with van der Waals surface area (Å²) in [7, 11) is 0. The van der Waals surface area contributed by atoms with E-state index in [-0.39, 0.29) is 0 Å². The lowest BCUT2D eigenvalue weighted by Crippen LogP contribution is -2.45. The van der Waals surface area contributed by atoms with Gasteiger partial charge in [0.05, 0.1) is 11.1 Å². The molecule has 0 aliphatic carbocycles. The highest BCUT2D eigenvalue weighted by atomic mass is 32.1. The number of carbonyl (C=O) groups excluding carboxylic acids is 1. The van der Waals surface area contributed by atoms with E-state index in [1.807, 2.05) is 24.3 Å². The van der Waals surface area contributed by atoms with Crippen LogP contribution in [0.1, 0.15) is 15.2 Å². The molecule has 0 spiro atoms. The van der Waals surface area contributed by atoms with Gasteiger partial charge in [0, 0.05) is 15.8 Å². The Balaban J connectivity index is 1.86. The normalized spacial score (nSPS) is 19.3. The number of hydrogen-bond donors (Lipinski definition) is 2. The monoisotopic (exact) mass is 349 g/mol. The molecule has 4 aromatic rings. The van der Waals surface area contributed by atoms with Crippen molar-refractivity contribution < 1.29 is 19.1 Å². The summed E-state index contributed by atoms with van der Waals surface area (Å²) in [4.78, 5) is 25.7. The first-order valence-electron chi connectivity index (χ1n) is 7.67. The number of carbonyl (C=O) groups is 2. The Hall–Kier alpha value is -3.12. The Morgan fingerprint density at radius 3 is 2.68 bits per heavy atom. The van der Waals surface area contributed by atoms with Gasteiger partial charge in [-0.15, -0.1) is 11.3 Å². The maximum Gasteiger partial charge on any atom is 0.343 e. The van der Waals surface area contributed by atoms with Crippen LogP contribution >= 0.6 is 11.3 Å². The van der Waals surface area contributed by atoms with Gasteiger partial charge in [-0.05, 0) is 29.6 Å². The highest BCUT2D eigenvalue weighted by molar-refractivity contribution is 7.10. The minimum Gasteiger partial charge on any atom is -0.479 e. The second-order valence-electron chi connectivity index (χ2n) is 5.95. The number of para-hydroxylation sites is 1. The predicted molar refractivity (Wildman–Crippen MR) is 95.3 cm³/mol. The Morgan fingerprint density at radius 2 is 1.92 bits per heavy atom. The molecular weight excluding hydrogens is 338 g/mol. The van der Waals surface area contributed by atoms with Crippen molar-refractivity contribution in [2.24, 2.45) is 0 Å². The van der Waals surface area contributed by atoms with Crippen molar-refractivity contribution in [3.05, 3.63) is 64.4 Å². The molecular formula is C19H11NO4S. The van der Waals surface area contributed by atoms with Crippen LogP contribution in [-0.2, 0) is 10.3 Å². The number of carboxylic acids is 1. The number of fused-ring (bicyclic) bond motifs is 5. The third kappa shape index (κ3) is 1.66. The summed E-state index contributed by atoms with van der Waals surface area (Å²) < 4.78 is 5.84. The summed E-state index contributed by atoms with van der Waals surface area (Å²) in [6.45, 7) is 0. The van der Waals surface area contributed by atoms with Crippen molar-refractivity contribution >= 4 is 50.7 Å². The number of aliphatic carboxylic acids is 1. The van der Waals surface area contributed by atoms with E-state index in [9.17, 15) is 14.7 Å². The summed E-state index contributed by atoms with van der Waals surface area (Å²) in [5.41, 5.74) is 0.415. The fraction of sp³-hybridized carbons (Fsp3) is 0.0526. The number of hydrogen-bond acceptors (Lipinski definition) is 5. The number of rotatable bonds is 2. The van der Waals surface area contributed by atoms with Crippen LogP contribution in [0.3, 0.4) is 0 Å². The SMILES string of the molecule is O=C(O)C1(c2cccs2)Nc2c(ccc3oc4ccccc4c23)C1=O. The van der Waals surface area contributed by atoms with Gasteiger partial charge in [0.1, 0.15) is 11.2 Å². The summed E-state index contributed by atoms with van der Waals surface area (Å²) >= 11 is 1.25. The third-order valence-electron chi connectivity index (χ3n) is 4.65. The molecule has 25 heavy (non-hydrogen) atoms. The molecule has 0 bridgehead atoms. The molecule has 2 aromatic heterocycles. The number of Topliss-reactive ketones (excluding diaryl/α,β-unsaturated/α-hetero) is 1. The van der Waals surface area contributed by atoms with Crippen LogP contribution in [0.5, 0.6) is 0 Å². The van der Waals surface area contributed by atoms with Gasteiger partial charge in [-0.1, -0.05) is 24.3 Å². The standard InChI is InChI=1S/C19H11NO4S/c21-17-11-7-8-13-15(10-4-1-2-5-12(10)24-13)16(11)20-19(17,18(22)23)14-6-3-9-25-14/h1-9,20H,(H,22,23). The molecule has 0 amide bonds. The van der Waals surface area contributed by atoms with E-state index in [4.69, 9.17) is 4.42 Å². The van der Waals surface area contributed by atoms with Gasteiger partial charge in [-0.2, -0.15) is 0 Å². The first-order chi connectivity index (χ1) is 12.1. The Labute approximate surface area is 145 Å². The highest BCUT2D eigenvalue weighted by Crippen LogP contribution is 2.46. The first-order valence-corrected chi connectivity index (χ1v) is 8.55. The summed E-state index contributed by atoms with van der Waals surface area (Å²) in [6.07, 6.45) is 0. The lowest BCUT2D eigenvalue weighted by molar-refractivity contribution is -0.140. The molecule has 1 aliphatic rings. The quantitative estimate of drug-likeness (QED) is 0.529. The Morgan fingerprint density at radius 1 is 1.08 bits per heavy atom. The zero-order chi connectivity index (χ0) is 17.2. The van der Waals surface area contributed by atoms with E-state index < -0.39 is 17.3 Å². The summed E-state index contributed by atoms with van der Waals surface area (Å²) in [5.74, 6) is -1.67. The van der Waals surface area contributed by atoms with Gasteiger partial charge < -0.3 is 14.8 Å². The van der Waals surface area contributed by atoms with Gasteiger partial charge in [-0.25, -0.2) is 4.79 Å².